The van der Waals surface area contributed by atoms with E-state index in [9.17, 15) is 0 Å². The van der Waals surface area contributed by atoms with Gasteiger partial charge >= 0.3 is 0 Å². The largest absolute Gasteiger partial charge is 0.377 e. The molecule has 2 heteroatoms. The zero-order valence-electron chi connectivity index (χ0n) is 10.2. The van der Waals surface area contributed by atoms with E-state index in [1.807, 2.05) is 0 Å². The lowest BCUT2D eigenvalue weighted by molar-refractivity contribution is 0.00142. The van der Waals surface area contributed by atoms with Crippen LogP contribution in [0.3, 0.4) is 0 Å². The molecule has 2 fully saturated rings. The highest BCUT2D eigenvalue weighted by atomic mass is 16.5. The molecule has 0 amide bonds. The van der Waals surface area contributed by atoms with Crippen molar-refractivity contribution in [3.05, 3.63) is 0 Å². The molecule has 1 saturated heterocycles. The van der Waals surface area contributed by atoms with E-state index in [0.29, 0.717) is 11.5 Å². The Kier molecular flexibility index (Phi) is 3.36. The van der Waals surface area contributed by atoms with Crippen LogP contribution in [0.2, 0.25) is 0 Å². The smallest absolute Gasteiger partial charge is 0.0674 e. The van der Waals surface area contributed by atoms with Crippen molar-refractivity contribution >= 4 is 0 Å². The van der Waals surface area contributed by atoms with E-state index >= 15 is 0 Å². The fourth-order valence-corrected chi connectivity index (χ4v) is 3.61. The minimum absolute atomic E-state index is 0.310. The van der Waals surface area contributed by atoms with Crippen LogP contribution in [-0.2, 0) is 4.74 Å². The summed E-state index contributed by atoms with van der Waals surface area (Å²) < 4.78 is 5.99. The molecule has 2 aliphatic rings. The van der Waals surface area contributed by atoms with Crippen LogP contribution >= 0.6 is 0 Å². The first kappa shape index (κ1) is 11.4. The minimum Gasteiger partial charge on any atom is -0.377 e. The highest BCUT2D eigenvalue weighted by Crippen LogP contribution is 2.52. The fraction of sp³-hybridized carbons (Fsp3) is 1.00. The molecule has 2 rings (SSSR count). The number of ether oxygens (including phenoxy) is 1. The van der Waals surface area contributed by atoms with Gasteiger partial charge in [0.1, 0.15) is 0 Å². The van der Waals surface area contributed by atoms with Gasteiger partial charge in [-0.15, -0.1) is 0 Å². The van der Waals surface area contributed by atoms with Crippen molar-refractivity contribution in [3.8, 4) is 0 Å². The van der Waals surface area contributed by atoms with Crippen LogP contribution in [0, 0.1) is 17.3 Å². The molecule has 0 spiro atoms. The summed E-state index contributed by atoms with van der Waals surface area (Å²) in [5.74, 6) is 1.59. The van der Waals surface area contributed by atoms with Gasteiger partial charge in [-0.05, 0) is 31.1 Å². The molecular formula is C13H25NO. The van der Waals surface area contributed by atoms with Crippen LogP contribution in [-0.4, -0.2) is 19.3 Å². The first-order chi connectivity index (χ1) is 7.28. The highest BCUT2D eigenvalue weighted by molar-refractivity contribution is 5.02. The predicted octanol–water partition coefficient (Wildman–Crippen LogP) is 2.57. The molecular weight excluding hydrogens is 186 g/mol. The number of rotatable bonds is 5. The average molecular weight is 211 g/mol. The second-order valence-corrected chi connectivity index (χ2v) is 5.33. The van der Waals surface area contributed by atoms with Crippen molar-refractivity contribution in [2.45, 2.75) is 52.1 Å². The second-order valence-electron chi connectivity index (χ2n) is 5.33. The van der Waals surface area contributed by atoms with Gasteiger partial charge < -0.3 is 10.5 Å². The Labute approximate surface area is 93.6 Å². The van der Waals surface area contributed by atoms with E-state index in [2.05, 4.69) is 13.8 Å². The molecule has 2 N–H and O–H groups in total. The van der Waals surface area contributed by atoms with E-state index in [4.69, 9.17) is 10.5 Å². The Morgan fingerprint density at radius 3 is 2.47 bits per heavy atom. The zero-order chi connectivity index (χ0) is 10.9. The molecule has 0 aromatic heterocycles. The Balaban J connectivity index is 2.16. The van der Waals surface area contributed by atoms with Crippen molar-refractivity contribution in [3.63, 3.8) is 0 Å². The Morgan fingerprint density at radius 1 is 1.33 bits per heavy atom. The maximum Gasteiger partial charge on any atom is 0.0674 e. The molecule has 2 nitrogen and oxygen atoms in total. The molecule has 2 atom stereocenters. The van der Waals surface area contributed by atoms with Gasteiger partial charge in [0.2, 0.25) is 0 Å². The highest BCUT2D eigenvalue weighted by Gasteiger charge is 2.52. The number of hydrogen-bond acceptors (Lipinski definition) is 2. The fourth-order valence-electron chi connectivity index (χ4n) is 3.61. The van der Waals surface area contributed by atoms with Gasteiger partial charge in [-0.2, -0.15) is 0 Å². The van der Waals surface area contributed by atoms with Crippen LogP contribution < -0.4 is 5.73 Å². The second kappa shape index (κ2) is 4.42. The van der Waals surface area contributed by atoms with Gasteiger partial charge in [0.25, 0.3) is 0 Å². The van der Waals surface area contributed by atoms with Crippen molar-refractivity contribution in [2.75, 3.05) is 13.2 Å². The first-order valence-corrected chi connectivity index (χ1v) is 6.60. The lowest BCUT2D eigenvalue weighted by atomic mass is 9.67. The molecule has 0 radical (unpaired) electrons. The van der Waals surface area contributed by atoms with Crippen molar-refractivity contribution in [1.82, 2.24) is 0 Å². The molecule has 0 aromatic rings. The summed E-state index contributed by atoms with van der Waals surface area (Å²) in [6.45, 7) is 6.36. The van der Waals surface area contributed by atoms with Crippen molar-refractivity contribution in [1.29, 1.82) is 0 Å². The van der Waals surface area contributed by atoms with Gasteiger partial charge in [0.15, 0.2) is 0 Å². The molecule has 1 saturated carbocycles. The minimum atomic E-state index is 0.310. The molecule has 0 aromatic carbocycles. The van der Waals surface area contributed by atoms with Gasteiger partial charge in [0, 0.05) is 18.6 Å². The van der Waals surface area contributed by atoms with Crippen LogP contribution in [0.4, 0.5) is 0 Å². The van der Waals surface area contributed by atoms with Crippen LogP contribution in [0.5, 0.6) is 0 Å². The number of hydrogen-bond donors (Lipinski definition) is 1. The van der Waals surface area contributed by atoms with Gasteiger partial charge in [-0.3, -0.25) is 0 Å². The summed E-state index contributed by atoms with van der Waals surface area (Å²) in [6.07, 6.45) is 6.91. The maximum absolute atomic E-state index is 6.10. The normalized spacial score (nSPS) is 36.4. The summed E-state index contributed by atoms with van der Waals surface area (Å²) in [4.78, 5) is 0. The van der Waals surface area contributed by atoms with E-state index in [1.165, 1.54) is 32.1 Å². The SMILES string of the molecule is CCC(CC)C1(CN)CCOC1C1CC1. The van der Waals surface area contributed by atoms with Gasteiger partial charge in [0.05, 0.1) is 6.10 Å². The Hall–Kier alpha value is -0.0800. The molecule has 1 heterocycles. The summed E-state index contributed by atoms with van der Waals surface area (Å²) in [5.41, 5.74) is 6.41. The van der Waals surface area contributed by atoms with E-state index in [1.54, 1.807) is 0 Å². The Morgan fingerprint density at radius 2 is 2.00 bits per heavy atom. The summed E-state index contributed by atoms with van der Waals surface area (Å²) >= 11 is 0. The van der Waals surface area contributed by atoms with Crippen LogP contribution in [0.1, 0.15) is 46.0 Å². The van der Waals surface area contributed by atoms with Crippen LogP contribution in [0.15, 0.2) is 0 Å². The quantitative estimate of drug-likeness (QED) is 0.758. The van der Waals surface area contributed by atoms with E-state index < -0.39 is 0 Å². The van der Waals surface area contributed by atoms with Crippen LogP contribution in [0.25, 0.3) is 0 Å². The summed E-state index contributed by atoms with van der Waals surface area (Å²) in [7, 11) is 0. The third-order valence-corrected chi connectivity index (χ3v) is 4.66. The average Bonchev–Trinajstić information content (AvgIpc) is 3.02. The number of nitrogens with two attached hydrogens (primary N) is 1. The molecule has 1 aliphatic carbocycles. The standard InChI is InChI=1S/C13H25NO/c1-3-11(4-2)13(9-14)7-8-15-12(13)10-5-6-10/h10-12H,3-9,14H2,1-2H3. The molecule has 1 aliphatic heterocycles. The molecule has 0 bridgehead atoms. The van der Waals surface area contributed by atoms with E-state index in [0.717, 1.165) is 25.0 Å². The predicted molar refractivity (Wildman–Crippen MR) is 62.6 cm³/mol. The third kappa shape index (κ3) is 1.83. The monoisotopic (exact) mass is 211 g/mol. The van der Waals surface area contributed by atoms with Gasteiger partial charge in [-0.1, -0.05) is 26.7 Å². The summed E-state index contributed by atoms with van der Waals surface area (Å²) in [6, 6.07) is 0. The maximum atomic E-state index is 6.10. The first-order valence-electron chi connectivity index (χ1n) is 6.60. The third-order valence-electron chi connectivity index (χ3n) is 4.66. The molecule has 88 valence electrons. The van der Waals surface area contributed by atoms with E-state index in [-0.39, 0.29) is 0 Å². The Bertz CT molecular complexity index is 211. The lowest BCUT2D eigenvalue weighted by Gasteiger charge is -2.40. The van der Waals surface area contributed by atoms with Crippen molar-refractivity contribution in [2.24, 2.45) is 23.0 Å². The van der Waals surface area contributed by atoms with Crippen molar-refractivity contribution < 1.29 is 4.74 Å². The topological polar surface area (TPSA) is 35.2 Å². The lowest BCUT2D eigenvalue weighted by Crippen LogP contribution is -2.45. The zero-order valence-corrected chi connectivity index (χ0v) is 10.2. The summed E-state index contributed by atoms with van der Waals surface area (Å²) in [5, 5.41) is 0. The molecule has 15 heavy (non-hydrogen) atoms. The molecule has 2 unspecified atom stereocenters. The van der Waals surface area contributed by atoms with Gasteiger partial charge in [-0.25, -0.2) is 0 Å².